The van der Waals surface area contributed by atoms with Crippen molar-refractivity contribution in [3.8, 4) is 0 Å². The van der Waals surface area contributed by atoms with Crippen LogP contribution in [0, 0.1) is 23.2 Å². The number of sulfone groups is 1. The zero-order valence-electron chi connectivity index (χ0n) is 20.8. The van der Waals surface area contributed by atoms with E-state index in [2.05, 4.69) is 22.8 Å². The summed E-state index contributed by atoms with van der Waals surface area (Å²) < 4.78 is 26.3. The van der Waals surface area contributed by atoms with Gasteiger partial charge in [-0.05, 0) is 42.9 Å². The molecule has 6 rings (SSSR count). The predicted molar refractivity (Wildman–Crippen MR) is 141 cm³/mol. The third-order valence-electron chi connectivity index (χ3n) is 8.27. The Labute approximate surface area is 217 Å². The van der Waals surface area contributed by atoms with Crippen LogP contribution in [0.4, 0.5) is 4.79 Å². The van der Waals surface area contributed by atoms with Crippen LogP contribution in [0.5, 0.6) is 0 Å². The molecule has 3 heterocycles. The summed E-state index contributed by atoms with van der Waals surface area (Å²) in [7, 11) is -1.69. The van der Waals surface area contributed by atoms with Crippen LogP contribution in [0.15, 0.2) is 59.2 Å². The fourth-order valence-electron chi connectivity index (χ4n) is 6.40. The number of amides is 2. The minimum Gasteiger partial charge on any atom is -0.385 e. The molecular formula is C27H33N5O4S. The van der Waals surface area contributed by atoms with E-state index < -0.39 is 28.1 Å². The summed E-state index contributed by atoms with van der Waals surface area (Å²) in [5, 5.41) is 26.4. The number of nitrogens with zero attached hydrogens (tertiary/aromatic N) is 2. The molecule has 9 nitrogen and oxygen atoms in total. The summed E-state index contributed by atoms with van der Waals surface area (Å²) in [6, 6.07) is 8.59. The second-order valence-electron chi connectivity index (χ2n) is 10.5. The smallest absolute Gasteiger partial charge is 0.326 e. The number of hydrogen-bond acceptors (Lipinski definition) is 7. The predicted octanol–water partition coefficient (Wildman–Crippen LogP) is 1.56. The molecule has 3 aliphatic heterocycles. The minimum absolute atomic E-state index is 0.0265. The van der Waals surface area contributed by atoms with Gasteiger partial charge in [-0.15, -0.1) is 0 Å². The van der Waals surface area contributed by atoms with Crippen LogP contribution in [-0.2, 0) is 9.84 Å². The molecule has 2 amide bonds. The molecule has 196 valence electrons. The van der Waals surface area contributed by atoms with Crippen LogP contribution >= 0.6 is 0 Å². The Morgan fingerprint density at radius 2 is 2.05 bits per heavy atom. The maximum Gasteiger partial charge on any atom is 0.326 e. The number of rotatable bonds is 7. The Morgan fingerprint density at radius 3 is 2.81 bits per heavy atom. The number of allylic oxidation sites excluding steroid dienone is 3. The van der Waals surface area contributed by atoms with Crippen molar-refractivity contribution in [1.82, 2.24) is 20.4 Å². The minimum atomic E-state index is -3.60. The second-order valence-corrected chi connectivity index (χ2v) is 12.5. The van der Waals surface area contributed by atoms with E-state index in [0.717, 1.165) is 12.1 Å². The van der Waals surface area contributed by atoms with E-state index in [0.29, 0.717) is 37.2 Å². The number of aliphatic hydroxyl groups excluding tert-OH is 1. The number of fused-ring (bicyclic) bond motifs is 2. The van der Waals surface area contributed by atoms with Gasteiger partial charge in [-0.1, -0.05) is 54.1 Å². The van der Waals surface area contributed by atoms with Crippen molar-refractivity contribution < 1.29 is 18.3 Å². The number of carbonyl (C=O) groups excluding carboxylic acids is 1. The van der Waals surface area contributed by atoms with Gasteiger partial charge in [0.25, 0.3) is 0 Å². The fraction of sp³-hybridized carbons (Fsp3) is 0.481. The van der Waals surface area contributed by atoms with Crippen LogP contribution in [0.25, 0.3) is 5.57 Å². The third kappa shape index (κ3) is 4.16. The average molecular weight is 524 g/mol. The maximum atomic E-state index is 13.7. The lowest BCUT2D eigenvalue weighted by Crippen LogP contribution is -2.48. The Morgan fingerprint density at radius 1 is 1.27 bits per heavy atom. The van der Waals surface area contributed by atoms with E-state index in [1.807, 2.05) is 43.5 Å². The van der Waals surface area contributed by atoms with Crippen molar-refractivity contribution in [2.75, 3.05) is 32.4 Å². The van der Waals surface area contributed by atoms with E-state index >= 15 is 0 Å². The molecular weight excluding hydrogens is 490 g/mol. The summed E-state index contributed by atoms with van der Waals surface area (Å²) in [6.07, 6.45) is 5.58. The van der Waals surface area contributed by atoms with Gasteiger partial charge < -0.3 is 20.7 Å². The summed E-state index contributed by atoms with van der Waals surface area (Å²) in [4.78, 5) is 16.7. The Hall–Kier alpha value is -2.79. The highest BCUT2D eigenvalue weighted by Gasteiger charge is 2.58. The van der Waals surface area contributed by atoms with E-state index in [1.165, 1.54) is 10.5 Å². The lowest BCUT2D eigenvalue weighted by atomic mass is 10.0. The highest BCUT2D eigenvalue weighted by atomic mass is 32.2. The van der Waals surface area contributed by atoms with Crippen molar-refractivity contribution in [2.24, 2.45) is 17.8 Å². The fourth-order valence-corrected chi connectivity index (χ4v) is 8.20. The van der Waals surface area contributed by atoms with Crippen LogP contribution in [0.1, 0.15) is 18.4 Å². The van der Waals surface area contributed by atoms with Crippen LogP contribution < -0.4 is 10.6 Å². The van der Waals surface area contributed by atoms with Gasteiger partial charge in [0.2, 0.25) is 0 Å². The molecule has 37 heavy (non-hydrogen) atoms. The molecule has 2 saturated heterocycles. The molecule has 0 bridgehead atoms. The van der Waals surface area contributed by atoms with Crippen molar-refractivity contribution >= 4 is 27.2 Å². The average Bonchev–Trinajstić information content (AvgIpc) is 3.80. The first-order chi connectivity index (χ1) is 17.8. The van der Waals surface area contributed by atoms with Gasteiger partial charge in [-0.25, -0.2) is 13.2 Å². The summed E-state index contributed by atoms with van der Waals surface area (Å²) >= 11 is 0. The van der Waals surface area contributed by atoms with Crippen molar-refractivity contribution in [2.45, 2.75) is 31.2 Å². The van der Waals surface area contributed by atoms with Crippen LogP contribution in [-0.4, -0.2) is 85.8 Å². The molecule has 0 radical (unpaired) electrons. The molecule has 1 aromatic rings. The second kappa shape index (κ2) is 9.20. The number of nitrogens with one attached hydrogen (secondary N) is 3. The number of benzene rings is 1. The zero-order valence-corrected chi connectivity index (χ0v) is 21.6. The molecule has 3 fully saturated rings. The monoisotopic (exact) mass is 523 g/mol. The first-order valence-electron chi connectivity index (χ1n) is 13.0. The van der Waals surface area contributed by atoms with Crippen LogP contribution in [0.3, 0.4) is 0 Å². The van der Waals surface area contributed by atoms with Gasteiger partial charge in [-0.3, -0.25) is 10.2 Å². The lowest BCUT2D eigenvalue weighted by molar-refractivity contribution is 0.160. The molecule has 6 unspecified atom stereocenters. The molecule has 0 aromatic heterocycles. The quantitative estimate of drug-likeness (QED) is 0.316. The summed E-state index contributed by atoms with van der Waals surface area (Å²) in [6.45, 7) is 1.43. The normalized spacial score (nSPS) is 32.8. The van der Waals surface area contributed by atoms with Crippen molar-refractivity contribution in [1.29, 1.82) is 5.41 Å². The van der Waals surface area contributed by atoms with Gasteiger partial charge >= 0.3 is 6.03 Å². The summed E-state index contributed by atoms with van der Waals surface area (Å²) in [5.74, 6) is 0.494. The van der Waals surface area contributed by atoms with E-state index in [-0.39, 0.29) is 34.6 Å². The first-order valence-corrected chi connectivity index (χ1v) is 14.6. The van der Waals surface area contributed by atoms with Crippen LogP contribution in [0.2, 0.25) is 0 Å². The lowest BCUT2D eigenvalue weighted by Gasteiger charge is -2.32. The number of likely N-dealkylation sites (N-methyl/N-ethyl adjacent to an activating group) is 1. The molecule has 0 spiro atoms. The first kappa shape index (κ1) is 24.5. The largest absolute Gasteiger partial charge is 0.385 e. The van der Waals surface area contributed by atoms with E-state index in [1.54, 1.807) is 4.90 Å². The molecule has 2 aliphatic carbocycles. The summed E-state index contributed by atoms with van der Waals surface area (Å²) in [5.41, 5.74) is 3.02. The van der Waals surface area contributed by atoms with Crippen molar-refractivity contribution in [3.05, 3.63) is 64.7 Å². The zero-order chi connectivity index (χ0) is 25.9. The molecule has 1 saturated carbocycles. The van der Waals surface area contributed by atoms with E-state index in [4.69, 9.17) is 5.41 Å². The SMILES string of the molecule is CNCC1=CC=CC2C(C(=N)C(O)C3NC3N3CCC(c4ccccc4)=C4N(CCCS4(=O)=O)C3=O)C12. The number of hydrogen-bond donors (Lipinski definition) is 4. The third-order valence-corrected chi connectivity index (χ3v) is 10.2. The Bertz CT molecular complexity index is 1320. The maximum absolute atomic E-state index is 13.7. The van der Waals surface area contributed by atoms with Gasteiger partial charge in [0.05, 0.1) is 11.8 Å². The molecule has 4 N–H and O–H groups in total. The highest BCUT2D eigenvalue weighted by Crippen LogP contribution is 2.55. The number of urea groups is 1. The van der Waals surface area contributed by atoms with Gasteiger partial charge in [-0.2, -0.15) is 0 Å². The molecule has 5 aliphatic rings. The molecule has 1 aromatic carbocycles. The number of aliphatic hydroxyl groups is 1. The van der Waals surface area contributed by atoms with Gasteiger partial charge in [0.15, 0.2) is 9.84 Å². The van der Waals surface area contributed by atoms with Gasteiger partial charge in [0, 0.05) is 31.3 Å². The molecule has 6 atom stereocenters. The Balaban J connectivity index is 1.20. The molecule has 10 heteroatoms. The van der Waals surface area contributed by atoms with E-state index in [9.17, 15) is 18.3 Å². The van der Waals surface area contributed by atoms with Crippen molar-refractivity contribution in [3.63, 3.8) is 0 Å². The topological polar surface area (TPSA) is 136 Å². The number of carbonyl (C=O) groups is 1. The highest BCUT2D eigenvalue weighted by molar-refractivity contribution is 7.95. The van der Waals surface area contributed by atoms with Gasteiger partial charge in [0.1, 0.15) is 17.3 Å². The standard InChI is InChI=1S/C27H33N5O4S/c1-29-15-17-9-5-10-19-20(17)21(19)22(28)24(33)23-25(30-23)31-13-11-18(16-7-3-2-4-8-16)26-32(27(31)34)12-6-14-37(26,35)36/h2-5,7-10,19-21,23-25,28-30,33H,6,11-15H2,1H3. The Kier molecular flexibility index (Phi) is 6.10.